The minimum absolute atomic E-state index is 0.901. The Morgan fingerprint density at radius 3 is 2.52 bits per heavy atom. The number of aliphatic carboxylic acids is 1. The van der Waals surface area contributed by atoms with Crippen LogP contribution in [0.4, 0.5) is 19.0 Å². The third kappa shape index (κ3) is 6.54. The molecule has 164 valence electrons. The highest BCUT2D eigenvalue weighted by molar-refractivity contribution is 5.73. The second kappa shape index (κ2) is 10.1. The number of carbonyl (C=O) groups is 1. The van der Waals surface area contributed by atoms with E-state index in [0.29, 0.717) is 0 Å². The Balaban J connectivity index is 0.000000339. The van der Waals surface area contributed by atoms with Crippen molar-refractivity contribution in [3.8, 4) is 11.3 Å². The predicted octanol–water partition coefficient (Wildman–Crippen LogP) is 3.58. The summed E-state index contributed by atoms with van der Waals surface area (Å²) in [5.74, 6) is -1.84. The number of carboxylic acids is 1. The summed E-state index contributed by atoms with van der Waals surface area (Å²) in [4.78, 5) is 15.9. The molecule has 0 bridgehead atoms. The van der Waals surface area contributed by atoms with Gasteiger partial charge in [0.1, 0.15) is 5.82 Å². The SMILES string of the molecule is O=C(O)C(F)(F)F.c1ccc2c(c1)CCN(CCNc1ccc(-c3ccn[nH]3)cn1)C2. The number of carboxylic acid groups (broad SMARTS) is 1. The lowest BCUT2D eigenvalue weighted by molar-refractivity contribution is -0.192. The van der Waals surface area contributed by atoms with Crippen LogP contribution in [0.5, 0.6) is 0 Å². The molecule has 1 aliphatic rings. The second-order valence-electron chi connectivity index (χ2n) is 6.93. The van der Waals surface area contributed by atoms with Crippen LogP contribution in [-0.4, -0.2) is 57.0 Å². The Bertz CT molecular complexity index is 975. The molecule has 0 fully saturated rings. The van der Waals surface area contributed by atoms with Gasteiger partial charge in [0.2, 0.25) is 0 Å². The molecule has 0 saturated heterocycles. The number of hydrogen-bond acceptors (Lipinski definition) is 5. The number of alkyl halides is 3. The number of aromatic nitrogens is 3. The summed E-state index contributed by atoms with van der Waals surface area (Å²) < 4.78 is 31.7. The summed E-state index contributed by atoms with van der Waals surface area (Å²) in [5, 5.41) is 17.4. The largest absolute Gasteiger partial charge is 0.490 e. The Morgan fingerprint density at radius 2 is 1.90 bits per heavy atom. The van der Waals surface area contributed by atoms with Crippen LogP contribution >= 0.6 is 0 Å². The highest BCUT2D eigenvalue weighted by Crippen LogP contribution is 2.19. The van der Waals surface area contributed by atoms with Crippen molar-refractivity contribution in [1.82, 2.24) is 20.1 Å². The summed E-state index contributed by atoms with van der Waals surface area (Å²) >= 11 is 0. The van der Waals surface area contributed by atoms with E-state index in [1.54, 1.807) is 6.20 Å². The van der Waals surface area contributed by atoms with E-state index in [1.807, 2.05) is 18.3 Å². The summed E-state index contributed by atoms with van der Waals surface area (Å²) in [6.45, 7) is 4.10. The molecule has 7 nitrogen and oxygen atoms in total. The van der Waals surface area contributed by atoms with E-state index < -0.39 is 12.1 Å². The second-order valence-corrected chi connectivity index (χ2v) is 6.93. The molecule has 0 unspecified atom stereocenters. The Labute approximate surface area is 176 Å². The summed E-state index contributed by atoms with van der Waals surface area (Å²) in [6, 6.07) is 14.8. The first-order valence-electron chi connectivity index (χ1n) is 9.62. The van der Waals surface area contributed by atoms with Crippen LogP contribution in [0.2, 0.25) is 0 Å². The third-order valence-corrected chi connectivity index (χ3v) is 4.76. The molecule has 31 heavy (non-hydrogen) atoms. The lowest BCUT2D eigenvalue weighted by atomic mass is 10.00. The highest BCUT2D eigenvalue weighted by Gasteiger charge is 2.38. The maximum atomic E-state index is 10.6. The highest BCUT2D eigenvalue weighted by atomic mass is 19.4. The van der Waals surface area contributed by atoms with Gasteiger partial charge < -0.3 is 10.4 Å². The lowest BCUT2D eigenvalue weighted by Crippen LogP contribution is -2.34. The number of nitrogens with zero attached hydrogens (tertiary/aromatic N) is 3. The lowest BCUT2D eigenvalue weighted by Gasteiger charge is -2.28. The number of fused-ring (bicyclic) bond motifs is 1. The number of nitrogens with one attached hydrogen (secondary N) is 2. The molecular formula is C21H22F3N5O2. The number of rotatable bonds is 5. The molecule has 0 amide bonds. The third-order valence-electron chi connectivity index (χ3n) is 4.76. The number of H-pyrrole nitrogens is 1. The van der Waals surface area contributed by atoms with Crippen LogP contribution in [0.1, 0.15) is 11.1 Å². The molecule has 4 rings (SSSR count). The van der Waals surface area contributed by atoms with E-state index in [9.17, 15) is 13.2 Å². The van der Waals surface area contributed by atoms with Gasteiger partial charge in [-0.3, -0.25) is 10.00 Å². The van der Waals surface area contributed by atoms with Gasteiger partial charge in [-0.25, -0.2) is 9.78 Å². The Hall–Kier alpha value is -3.40. The van der Waals surface area contributed by atoms with Crippen LogP contribution in [0.3, 0.4) is 0 Å². The number of benzene rings is 1. The topological polar surface area (TPSA) is 94.1 Å². The monoisotopic (exact) mass is 433 g/mol. The smallest absolute Gasteiger partial charge is 0.475 e. The molecule has 3 aromatic rings. The Morgan fingerprint density at radius 1 is 1.16 bits per heavy atom. The van der Waals surface area contributed by atoms with Gasteiger partial charge in [-0.05, 0) is 35.7 Å². The van der Waals surface area contributed by atoms with E-state index in [4.69, 9.17) is 9.90 Å². The number of hydrogen-bond donors (Lipinski definition) is 3. The van der Waals surface area contributed by atoms with Crippen molar-refractivity contribution in [1.29, 1.82) is 0 Å². The Kier molecular flexibility index (Phi) is 7.24. The average Bonchev–Trinajstić information content (AvgIpc) is 3.29. The number of pyridine rings is 1. The zero-order valence-electron chi connectivity index (χ0n) is 16.6. The van der Waals surface area contributed by atoms with Gasteiger partial charge in [0, 0.05) is 44.1 Å². The van der Waals surface area contributed by atoms with E-state index in [2.05, 4.69) is 55.7 Å². The molecule has 3 N–H and O–H groups in total. The summed E-state index contributed by atoms with van der Waals surface area (Å²) in [6.07, 6.45) is -0.321. The fraction of sp³-hybridized carbons (Fsp3) is 0.286. The quantitative estimate of drug-likeness (QED) is 0.570. The maximum absolute atomic E-state index is 10.6. The molecule has 0 radical (unpaired) electrons. The van der Waals surface area contributed by atoms with E-state index in [0.717, 1.165) is 49.7 Å². The zero-order chi connectivity index (χ0) is 22.3. The van der Waals surface area contributed by atoms with Gasteiger partial charge in [-0.15, -0.1) is 0 Å². The molecule has 1 aromatic carbocycles. The summed E-state index contributed by atoms with van der Waals surface area (Å²) in [7, 11) is 0. The van der Waals surface area contributed by atoms with Crippen molar-refractivity contribution >= 4 is 11.8 Å². The van der Waals surface area contributed by atoms with Crippen molar-refractivity contribution in [2.24, 2.45) is 0 Å². The zero-order valence-corrected chi connectivity index (χ0v) is 16.6. The molecule has 0 spiro atoms. The normalized spacial score (nSPS) is 13.6. The van der Waals surface area contributed by atoms with Crippen LogP contribution in [0.15, 0.2) is 54.9 Å². The number of aromatic amines is 1. The minimum atomic E-state index is -5.08. The standard InChI is InChI=1S/C19H21N5.C2HF3O2/c1-2-4-17-14-24(11-8-15(17)3-1)12-10-20-19-6-5-16(13-21-19)18-7-9-22-23-18;3-2(4,5)1(6)7/h1-7,9,13H,8,10-12,14H2,(H,20,21)(H,22,23);(H,6,7). The molecule has 3 heterocycles. The van der Waals surface area contributed by atoms with Crippen molar-refractivity contribution in [3.63, 3.8) is 0 Å². The van der Waals surface area contributed by atoms with E-state index in [-0.39, 0.29) is 0 Å². The van der Waals surface area contributed by atoms with Gasteiger partial charge in [0.25, 0.3) is 0 Å². The van der Waals surface area contributed by atoms with Crippen molar-refractivity contribution in [2.45, 2.75) is 19.1 Å². The van der Waals surface area contributed by atoms with Gasteiger partial charge in [0.15, 0.2) is 0 Å². The first kappa shape index (κ1) is 22.3. The maximum Gasteiger partial charge on any atom is 0.490 e. The van der Waals surface area contributed by atoms with Gasteiger partial charge in [0.05, 0.1) is 5.69 Å². The summed E-state index contributed by atoms with van der Waals surface area (Å²) in [5.41, 5.74) is 5.00. The molecular weight excluding hydrogens is 411 g/mol. The van der Waals surface area contributed by atoms with Crippen LogP contribution in [0.25, 0.3) is 11.3 Å². The van der Waals surface area contributed by atoms with Gasteiger partial charge in [-0.2, -0.15) is 18.3 Å². The van der Waals surface area contributed by atoms with E-state index >= 15 is 0 Å². The predicted molar refractivity (Wildman–Crippen MR) is 109 cm³/mol. The molecule has 0 atom stereocenters. The first-order valence-corrected chi connectivity index (χ1v) is 9.62. The van der Waals surface area contributed by atoms with Crippen LogP contribution in [-0.2, 0) is 17.8 Å². The molecule has 0 aliphatic carbocycles. The first-order chi connectivity index (χ1) is 14.8. The van der Waals surface area contributed by atoms with Crippen molar-refractivity contribution in [2.75, 3.05) is 25.0 Å². The van der Waals surface area contributed by atoms with Gasteiger partial charge in [-0.1, -0.05) is 24.3 Å². The van der Waals surface area contributed by atoms with Crippen LogP contribution < -0.4 is 5.32 Å². The fourth-order valence-corrected chi connectivity index (χ4v) is 3.16. The molecule has 0 saturated carbocycles. The number of anilines is 1. The minimum Gasteiger partial charge on any atom is -0.475 e. The molecule has 1 aliphatic heterocycles. The van der Waals surface area contributed by atoms with Crippen LogP contribution in [0, 0.1) is 0 Å². The van der Waals surface area contributed by atoms with Crippen molar-refractivity contribution in [3.05, 3.63) is 66.0 Å². The molecule has 2 aromatic heterocycles. The van der Waals surface area contributed by atoms with E-state index in [1.165, 1.54) is 11.1 Å². The van der Waals surface area contributed by atoms with Crippen molar-refractivity contribution < 1.29 is 23.1 Å². The number of halogens is 3. The molecule has 10 heteroatoms. The van der Waals surface area contributed by atoms with Gasteiger partial charge >= 0.3 is 12.1 Å². The average molecular weight is 433 g/mol. The fourth-order valence-electron chi connectivity index (χ4n) is 3.16.